The van der Waals surface area contributed by atoms with E-state index in [1.165, 1.54) is 0 Å². The molecule has 0 radical (unpaired) electrons. The number of esters is 1. The van der Waals surface area contributed by atoms with Gasteiger partial charge in [0, 0.05) is 6.04 Å². The molecule has 5 nitrogen and oxygen atoms in total. The Morgan fingerprint density at radius 1 is 1.19 bits per heavy atom. The van der Waals surface area contributed by atoms with E-state index in [0.717, 1.165) is 32.1 Å². The molecule has 1 aromatic carbocycles. The van der Waals surface area contributed by atoms with Gasteiger partial charge in [-0.15, -0.1) is 0 Å². The minimum absolute atomic E-state index is 0.159. The Morgan fingerprint density at radius 2 is 1.81 bits per heavy atom. The maximum Gasteiger partial charge on any atom is 0.329 e. The molecule has 0 bridgehead atoms. The number of aliphatic hydroxyl groups is 1. The summed E-state index contributed by atoms with van der Waals surface area (Å²) in [5.41, 5.74) is 11.8. The first-order chi connectivity index (χ1) is 12.3. The lowest BCUT2D eigenvalue weighted by Crippen LogP contribution is -2.59. The van der Waals surface area contributed by atoms with Gasteiger partial charge in [0.05, 0.1) is 0 Å². The van der Waals surface area contributed by atoms with E-state index in [2.05, 4.69) is 0 Å². The number of rotatable bonds is 8. The second-order valence-electron chi connectivity index (χ2n) is 7.09. The van der Waals surface area contributed by atoms with Gasteiger partial charge in [0.25, 0.3) is 5.92 Å². The third-order valence-electron chi connectivity index (χ3n) is 5.02. The molecule has 0 aromatic heterocycles. The van der Waals surface area contributed by atoms with Gasteiger partial charge in [-0.3, -0.25) is 4.79 Å². The minimum atomic E-state index is -3.86. The third kappa shape index (κ3) is 5.46. The second-order valence-corrected chi connectivity index (χ2v) is 7.09. The molecule has 146 valence electrons. The molecule has 0 spiro atoms. The number of nitrogens with two attached hydrogens (primary N) is 2. The van der Waals surface area contributed by atoms with Crippen LogP contribution in [-0.4, -0.2) is 35.2 Å². The summed E-state index contributed by atoms with van der Waals surface area (Å²) in [6.07, 6.45) is 3.20. The smallest absolute Gasteiger partial charge is 0.329 e. The van der Waals surface area contributed by atoms with Crippen LogP contribution < -0.4 is 11.5 Å². The Labute approximate surface area is 152 Å². The fourth-order valence-corrected chi connectivity index (χ4v) is 3.38. The summed E-state index contributed by atoms with van der Waals surface area (Å²) in [6.45, 7) is -0.159. The number of carbonyl (C=O) groups is 1. The lowest BCUT2D eigenvalue weighted by atomic mass is 9.82. The summed E-state index contributed by atoms with van der Waals surface area (Å²) in [6, 6.07) is 5.27. The van der Waals surface area contributed by atoms with Crippen molar-refractivity contribution in [2.24, 2.45) is 17.4 Å². The van der Waals surface area contributed by atoms with Gasteiger partial charge in [-0.1, -0.05) is 62.4 Å². The van der Waals surface area contributed by atoms with E-state index in [1.54, 1.807) is 30.3 Å². The first kappa shape index (κ1) is 20.7. The van der Waals surface area contributed by atoms with Crippen molar-refractivity contribution in [3.8, 4) is 0 Å². The first-order valence-corrected chi connectivity index (χ1v) is 9.10. The van der Waals surface area contributed by atoms with Gasteiger partial charge >= 0.3 is 5.97 Å². The van der Waals surface area contributed by atoms with E-state index >= 15 is 0 Å². The summed E-state index contributed by atoms with van der Waals surface area (Å²) < 4.78 is 33.7. The highest BCUT2D eigenvalue weighted by atomic mass is 19.3. The number of hydrogen-bond donors (Lipinski definition) is 3. The predicted octanol–water partition coefficient (Wildman–Crippen LogP) is 2.35. The maximum atomic E-state index is 14.4. The molecule has 0 amide bonds. The Balaban J connectivity index is 1.89. The van der Waals surface area contributed by atoms with Crippen molar-refractivity contribution in [3.63, 3.8) is 0 Å². The van der Waals surface area contributed by atoms with Crippen LogP contribution in [0.15, 0.2) is 30.3 Å². The van der Waals surface area contributed by atoms with Crippen LogP contribution in [-0.2, 0) is 16.1 Å². The number of alkyl halides is 2. The highest BCUT2D eigenvalue weighted by Crippen LogP contribution is 2.31. The topological polar surface area (TPSA) is 98.6 Å². The van der Waals surface area contributed by atoms with Crippen LogP contribution in [0.1, 0.15) is 44.1 Å². The van der Waals surface area contributed by atoms with Crippen LogP contribution in [0.3, 0.4) is 0 Å². The summed E-state index contributed by atoms with van der Waals surface area (Å²) in [4.78, 5) is 11.9. The molecule has 2 rings (SSSR count). The van der Waals surface area contributed by atoms with Crippen LogP contribution in [0.4, 0.5) is 8.78 Å². The van der Waals surface area contributed by atoms with Crippen molar-refractivity contribution in [2.75, 3.05) is 0 Å². The molecule has 5 N–H and O–H groups in total. The molecule has 3 unspecified atom stereocenters. The summed E-state index contributed by atoms with van der Waals surface area (Å²) >= 11 is 0. The normalized spacial score (nSPS) is 19.6. The van der Waals surface area contributed by atoms with Crippen LogP contribution in [0.25, 0.3) is 0 Å². The standard InChI is InChI=1S/C19H28F2N2O3/c20-19(21,17(24)15(22)11-13-7-3-1-4-8-13)16(23)18(25)26-12-14-9-5-2-6-10-14/h2,5-6,9-10,13,15-17,24H,1,3-4,7-8,11-12,22-23H2. The molecule has 0 heterocycles. The van der Waals surface area contributed by atoms with Crippen molar-refractivity contribution in [1.29, 1.82) is 0 Å². The van der Waals surface area contributed by atoms with E-state index in [-0.39, 0.29) is 12.5 Å². The molecule has 7 heteroatoms. The van der Waals surface area contributed by atoms with E-state index in [0.29, 0.717) is 12.0 Å². The summed E-state index contributed by atoms with van der Waals surface area (Å²) in [5.74, 6) is -4.89. The number of halogens is 2. The Hall–Kier alpha value is -1.57. The fourth-order valence-electron chi connectivity index (χ4n) is 3.38. The van der Waals surface area contributed by atoms with E-state index < -0.39 is 30.1 Å². The zero-order valence-electron chi connectivity index (χ0n) is 14.8. The van der Waals surface area contributed by atoms with Gasteiger partial charge in [-0.25, -0.2) is 8.78 Å². The highest BCUT2D eigenvalue weighted by Gasteiger charge is 2.51. The van der Waals surface area contributed by atoms with Crippen LogP contribution >= 0.6 is 0 Å². The Kier molecular flexibility index (Phi) is 7.49. The SMILES string of the molecule is NC(CC1CCCCC1)C(O)C(F)(F)C(N)C(=O)OCc1ccccc1. The highest BCUT2D eigenvalue weighted by molar-refractivity contribution is 5.77. The van der Waals surface area contributed by atoms with Gasteiger partial charge in [0.1, 0.15) is 12.7 Å². The number of ether oxygens (including phenoxy) is 1. The van der Waals surface area contributed by atoms with Crippen LogP contribution in [0.2, 0.25) is 0 Å². The molecule has 1 saturated carbocycles. The molecule has 26 heavy (non-hydrogen) atoms. The minimum Gasteiger partial charge on any atom is -0.459 e. The average molecular weight is 370 g/mol. The molecule has 1 aromatic rings. The Morgan fingerprint density at radius 3 is 2.42 bits per heavy atom. The van der Waals surface area contributed by atoms with Gasteiger partial charge in [-0.2, -0.15) is 0 Å². The van der Waals surface area contributed by atoms with Crippen molar-refractivity contribution >= 4 is 5.97 Å². The lowest BCUT2D eigenvalue weighted by molar-refractivity contribution is -0.172. The van der Waals surface area contributed by atoms with E-state index in [4.69, 9.17) is 16.2 Å². The first-order valence-electron chi connectivity index (χ1n) is 9.10. The molecule has 0 aliphatic heterocycles. The zero-order valence-corrected chi connectivity index (χ0v) is 14.8. The molecule has 3 atom stereocenters. The molecule has 0 saturated heterocycles. The molecule has 1 aliphatic rings. The third-order valence-corrected chi connectivity index (χ3v) is 5.02. The van der Waals surface area contributed by atoms with Gasteiger partial charge < -0.3 is 21.3 Å². The predicted molar refractivity (Wildman–Crippen MR) is 94.3 cm³/mol. The van der Waals surface area contributed by atoms with Gasteiger partial charge in [0.2, 0.25) is 0 Å². The molecular formula is C19H28F2N2O3. The molecule has 1 fully saturated rings. The van der Waals surface area contributed by atoms with Crippen molar-refractivity contribution in [1.82, 2.24) is 0 Å². The Bertz CT molecular complexity index is 565. The van der Waals surface area contributed by atoms with Crippen molar-refractivity contribution in [3.05, 3.63) is 35.9 Å². The van der Waals surface area contributed by atoms with Crippen molar-refractivity contribution in [2.45, 2.75) is 69.2 Å². The molecular weight excluding hydrogens is 342 g/mol. The van der Waals surface area contributed by atoms with Gasteiger partial charge in [-0.05, 0) is 17.9 Å². The average Bonchev–Trinajstić information content (AvgIpc) is 2.66. The number of benzene rings is 1. The van der Waals surface area contributed by atoms with Crippen LogP contribution in [0.5, 0.6) is 0 Å². The molecule has 1 aliphatic carbocycles. The van der Waals surface area contributed by atoms with Crippen LogP contribution in [0, 0.1) is 5.92 Å². The fraction of sp³-hybridized carbons (Fsp3) is 0.632. The summed E-state index contributed by atoms with van der Waals surface area (Å²) in [7, 11) is 0. The number of aliphatic hydroxyl groups excluding tert-OH is 1. The largest absolute Gasteiger partial charge is 0.459 e. The second kappa shape index (κ2) is 9.39. The maximum absolute atomic E-state index is 14.4. The monoisotopic (exact) mass is 370 g/mol. The zero-order chi connectivity index (χ0) is 19.2. The quantitative estimate of drug-likeness (QED) is 0.610. The van der Waals surface area contributed by atoms with E-state index in [1.807, 2.05) is 0 Å². The van der Waals surface area contributed by atoms with Gasteiger partial charge in [0.15, 0.2) is 6.04 Å². The summed E-state index contributed by atoms with van der Waals surface area (Å²) in [5, 5.41) is 10.0. The lowest BCUT2D eigenvalue weighted by Gasteiger charge is -2.33. The van der Waals surface area contributed by atoms with Crippen molar-refractivity contribution < 1.29 is 23.4 Å². The number of carbonyl (C=O) groups excluding carboxylic acids is 1. The van der Waals surface area contributed by atoms with E-state index in [9.17, 15) is 18.7 Å². The number of hydrogen-bond acceptors (Lipinski definition) is 5.